The van der Waals surface area contributed by atoms with Crippen LogP contribution in [0.2, 0.25) is 0 Å². The van der Waals surface area contributed by atoms with E-state index in [0.29, 0.717) is 49.2 Å². The zero-order valence-corrected chi connectivity index (χ0v) is 46.0. The highest BCUT2D eigenvalue weighted by atomic mass is 33.1. The van der Waals surface area contributed by atoms with Crippen molar-refractivity contribution < 1.29 is 97.5 Å². The molecule has 424 valence electrons. The molecular formula is C40H61BF2N9O19P3S2. The first-order valence-electron chi connectivity index (χ1n) is 23.4. The van der Waals surface area contributed by atoms with Gasteiger partial charge in [-0.3, -0.25) is 28.5 Å². The van der Waals surface area contributed by atoms with Gasteiger partial charge in [-0.2, -0.15) is 13.6 Å². The number of halogens is 2. The number of carbonyl (C=O) groups excluding carboxylic acids is 2. The lowest BCUT2D eigenvalue weighted by Gasteiger charge is -2.30. The Balaban J connectivity index is 0.780. The van der Waals surface area contributed by atoms with Crippen molar-refractivity contribution in [2.75, 3.05) is 84.2 Å². The van der Waals surface area contributed by atoms with Crippen LogP contribution in [0.1, 0.15) is 62.7 Å². The van der Waals surface area contributed by atoms with Crippen molar-refractivity contribution in [1.29, 1.82) is 0 Å². The maximum atomic E-state index is 15.6. The van der Waals surface area contributed by atoms with E-state index in [4.69, 9.17) is 48.5 Å². The number of phosphoric acid groups is 3. The molecule has 28 nitrogen and oxygen atoms in total. The molecule has 3 aromatic heterocycles. The predicted octanol–water partition coefficient (Wildman–Crippen LogP) is 3.02. The lowest BCUT2D eigenvalue weighted by molar-refractivity contribution is -0.362. The maximum Gasteiger partial charge on any atom is 0.737 e. The Morgan fingerprint density at radius 3 is 2.30 bits per heavy atom. The molecule has 6 heterocycles. The number of rotatable bonds is 33. The van der Waals surface area contributed by atoms with Gasteiger partial charge in [0.2, 0.25) is 17.8 Å². The fourth-order valence-electron chi connectivity index (χ4n) is 7.97. The maximum absolute atomic E-state index is 15.6. The molecule has 1 saturated heterocycles. The van der Waals surface area contributed by atoms with Crippen LogP contribution in [-0.4, -0.2) is 168 Å². The second-order valence-corrected chi connectivity index (χ2v) is 25.1. The van der Waals surface area contributed by atoms with E-state index in [1.807, 2.05) is 20.8 Å². The fraction of sp³-hybridized carbons (Fsp3) is 0.600. The first-order valence-corrected chi connectivity index (χ1v) is 30.3. The van der Waals surface area contributed by atoms with Crippen LogP contribution in [0.5, 0.6) is 0 Å². The predicted molar refractivity (Wildman–Crippen MR) is 273 cm³/mol. The van der Waals surface area contributed by atoms with Crippen molar-refractivity contribution in [2.45, 2.75) is 76.6 Å². The molecule has 0 aromatic carbocycles. The topological polar surface area (TPSA) is 371 Å². The van der Waals surface area contributed by atoms with Gasteiger partial charge in [-0.1, -0.05) is 21.6 Å². The Morgan fingerprint density at radius 2 is 1.62 bits per heavy atom. The number of imidazole rings is 1. The van der Waals surface area contributed by atoms with Gasteiger partial charge in [-0.25, -0.2) is 18.7 Å². The first kappa shape index (κ1) is 61.5. The van der Waals surface area contributed by atoms with Gasteiger partial charge in [0.1, 0.15) is 24.0 Å². The van der Waals surface area contributed by atoms with E-state index in [1.54, 1.807) is 31.2 Å². The molecule has 3 aliphatic heterocycles. The molecule has 3 aliphatic rings. The molecule has 3 unspecified atom stereocenters. The Kier molecular flexibility index (Phi) is 21.8. The summed E-state index contributed by atoms with van der Waals surface area (Å²) in [6.45, 7) is 5.04. The number of H-pyrrole nitrogens is 1. The molecule has 9 N–H and O–H groups in total. The van der Waals surface area contributed by atoms with Gasteiger partial charge < -0.3 is 82.0 Å². The fourth-order valence-corrected chi connectivity index (χ4v) is 13.2. The van der Waals surface area contributed by atoms with E-state index in [1.165, 1.54) is 32.5 Å². The number of anilines is 1. The SMILES string of the molecule is Cc1cc(C)n2c1C=C1C=CC(CCC(=O)NCCOCCOCCOCCOCCC(=O)NCC(C)(C)SSCOC3C[C@H](n4cnc5c(=O)[nH]c(N)nc54)O[C@@H]3COP(=O)(O)OP(=O)(O)OP(=O)(O)O)=[N+]1[B-]2(F)F. The number of nitrogens with zero attached hydrogens (tertiary/aromatic N) is 5. The van der Waals surface area contributed by atoms with Gasteiger partial charge in [0, 0.05) is 67.4 Å². The first-order chi connectivity index (χ1) is 35.7. The summed E-state index contributed by atoms with van der Waals surface area (Å²) < 4.78 is 116. The van der Waals surface area contributed by atoms with Crippen molar-refractivity contribution in [3.63, 3.8) is 0 Å². The number of fused-ring (bicyclic) bond motifs is 3. The van der Waals surface area contributed by atoms with Crippen LogP contribution in [0, 0.1) is 13.8 Å². The Bertz CT molecular complexity index is 2850. The molecule has 0 radical (unpaired) electrons. The van der Waals surface area contributed by atoms with E-state index in [2.05, 4.69) is 34.2 Å². The number of aryl methyl sites for hydroxylation is 2. The standard InChI is InChI=1S/C40H61BF2N9O19P3S2/c1-26-19-27(2)51-30(26)20-29-6-5-28(52(29)41(51,42)43)7-8-33(53)45-10-12-64-14-16-66-18-17-65-15-13-63-11-9-34(54)46-23-40(3,4)76-75-25-67-31-21-35(50-24-47-36-37(50)48-39(44)49-38(36)55)69-32(31)22-68-73(59,60)71-74(61,62)70-72(56,57)58/h5-6,19-20,24,31-32,35H,7-18,21-23,25H2,1-4H3,(H,45,53)(H,46,54)(H,59,60)(H,61,62)(H2,56,57,58)(H3,44,48,49,55)/t31?,32-,35-/m1/s1. The summed E-state index contributed by atoms with van der Waals surface area (Å²) in [6.07, 6.45) is 3.63. The zero-order valence-electron chi connectivity index (χ0n) is 41.6. The number of ether oxygens (including phenoxy) is 6. The zero-order chi connectivity index (χ0) is 55.5. The number of carbonyl (C=O) groups is 2. The van der Waals surface area contributed by atoms with Crippen LogP contribution in [0.25, 0.3) is 17.2 Å². The van der Waals surface area contributed by atoms with E-state index < -0.39 is 65.8 Å². The quantitative estimate of drug-likeness (QED) is 0.0143. The average molecular weight is 1180 g/mol. The molecule has 36 heteroatoms. The number of phosphoric ester groups is 1. The minimum absolute atomic E-state index is 0.00972. The van der Waals surface area contributed by atoms with Gasteiger partial charge in [0.25, 0.3) is 5.56 Å². The number of nitrogen functional groups attached to an aromatic ring is 1. The number of nitrogens with one attached hydrogen (secondary N) is 3. The normalized spacial score (nSPS) is 19.9. The summed E-state index contributed by atoms with van der Waals surface area (Å²) in [5.41, 5.74) is 7.66. The monoisotopic (exact) mass is 1180 g/mol. The Hall–Kier alpha value is -3.69. The van der Waals surface area contributed by atoms with E-state index in [-0.39, 0.29) is 100 Å². The van der Waals surface area contributed by atoms with E-state index in [9.17, 15) is 37.9 Å². The van der Waals surface area contributed by atoms with Crippen LogP contribution >= 0.6 is 45.1 Å². The highest BCUT2D eigenvalue weighted by Crippen LogP contribution is 2.66. The molecule has 76 heavy (non-hydrogen) atoms. The minimum atomic E-state index is -5.79. The molecule has 5 atom stereocenters. The van der Waals surface area contributed by atoms with Gasteiger partial charge in [-0.05, 0) is 45.0 Å². The third-order valence-electron chi connectivity index (χ3n) is 11.3. The second kappa shape index (κ2) is 27.0. The number of aromatic amines is 1. The molecule has 0 aliphatic carbocycles. The van der Waals surface area contributed by atoms with E-state index >= 15 is 8.63 Å². The molecule has 0 saturated carbocycles. The van der Waals surface area contributed by atoms with Gasteiger partial charge in [0.15, 0.2) is 16.9 Å². The third-order valence-corrected chi connectivity index (χ3v) is 18.0. The van der Waals surface area contributed by atoms with Crippen molar-refractivity contribution in [1.82, 2.24) is 34.6 Å². The van der Waals surface area contributed by atoms with Gasteiger partial charge in [0.05, 0.1) is 71.9 Å². The lowest BCUT2D eigenvalue weighted by atomic mass is 9.90. The lowest BCUT2D eigenvalue weighted by Crippen LogP contribution is -2.50. The Morgan fingerprint density at radius 1 is 0.961 bits per heavy atom. The number of amides is 2. The van der Waals surface area contributed by atoms with Crippen LogP contribution in [-0.2, 0) is 64.9 Å². The minimum Gasteiger partial charge on any atom is -0.394 e. The molecule has 3 aromatic rings. The number of hydrogen-bond acceptors (Lipinski definition) is 20. The van der Waals surface area contributed by atoms with Crippen molar-refractivity contribution >= 4 is 92.7 Å². The van der Waals surface area contributed by atoms with Crippen molar-refractivity contribution in [2.24, 2.45) is 0 Å². The molecular weight excluding hydrogens is 1120 g/mol. The molecule has 0 bridgehead atoms. The number of nitrogens with two attached hydrogens (primary N) is 1. The van der Waals surface area contributed by atoms with Crippen LogP contribution < -0.4 is 21.9 Å². The average Bonchev–Trinajstić information content (AvgIpc) is 4.10. The highest BCUT2D eigenvalue weighted by molar-refractivity contribution is 8.77. The smallest absolute Gasteiger partial charge is 0.394 e. The highest BCUT2D eigenvalue weighted by Gasteiger charge is 2.52. The number of allylic oxidation sites excluding steroid dienone is 2. The van der Waals surface area contributed by atoms with Crippen LogP contribution in [0.15, 0.2) is 35.0 Å². The molecule has 6 rings (SSSR count). The van der Waals surface area contributed by atoms with Gasteiger partial charge >= 0.3 is 30.4 Å². The summed E-state index contributed by atoms with van der Waals surface area (Å²) >= 11 is 0. The summed E-state index contributed by atoms with van der Waals surface area (Å²) in [4.78, 5) is 85.0. The summed E-state index contributed by atoms with van der Waals surface area (Å²) in [7, 11) is -14.3. The summed E-state index contributed by atoms with van der Waals surface area (Å²) in [6, 6.07) is 1.74. The van der Waals surface area contributed by atoms with Crippen LogP contribution in [0.3, 0.4) is 0 Å². The second-order valence-electron chi connectivity index (χ2n) is 17.7. The molecule has 0 spiro atoms. The van der Waals surface area contributed by atoms with Crippen LogP contribution in [0.4, 0.5) is 14.6 Å². The largest absolute Gasteiger partial charge is 0.737 e. The summed E-state index contributed by atoms with van der Waals surface area (Å²) in [5, 5.41) is 5.61. The van der Waals surface area contributed by atoms with E-state index in [0.717, 1.165) is 14.5 Å². The number of hydrogen-bond donors (Lipinski definition) is 8. The van der Waals surface area contributed by atoms with Crippen molar-refractivity contribution in [3.05, 3.63) is 57.5 Å². The number of aromatic nitrogens is 5. The summed E-state index contributed by atoms with van der Waals surface area (Å²) in [5.74, 6) is -0.709. The van der Waals surface area contributed by atoms with Gasteiger partial charge in [-0.15, -0.1) is 0 Å². The van der Waals surface area contributed by atoms with Crippen molar-refractivity contribution in [3.8, 4) is 0 Å². The molecule has 1 fully saturated rings. The Labute approximate surface area is 441 Å². The third kappa shape index (κ3) is 17.9. The molecule has 2 amide bonds.